The predicted octanol–water partition coefficient (Wildman–Crippen LogP) is 3.82. The van der Waals surface area contributed by atoms with Crippen molar-refractivity contribution in [2.24, 2.45) is 39.4 Å². The van der Waals surface area contributed by atoms with Crippen molar-refractivity contribution in [2.45, 2.75) is 86.2 Å². The summed E-state index contributed by atoms with van der Waals surface area (Å²) in [5.41, 5.74) is -1.05. The highest BCUT2D eigenvalue weighted by Gasteiger charge is 2.71. The molecular formula is C30H38O8. The fourth-order valence-electron chi connectivity index (χ4n) is 9.09. The fraction of sp³-hybridized carbons (Fsp3) is 0.667. The van der Waals surface area contributed by atoms with E-state index in [0.29, 0.717) is 24.8 Å². The van der Waals surface area contributed by atoms with Gasteiger partial charge >= 0.3 is 17.9 Å². The van der Waals surface area contributed by atoms with Crippen molar-refractivity contribution in [2.75, 3.05) is 0 Å². The number of ether oxygens (including phenoxy) is 3. The number of cyclic esters (lactones) is 1. The first-order chi connectivity index (χ1) is 17.6. The van der Waals surface area contributed by atoms with Crippen LogP contribution in [0.2, 0.25) is 0 Å². The van der Waals surface area contributed by atoms with Gasteiger partial charge in [0.05, 0.1) is 0 Å². The van der Waals surface area contributed by atoms with Gasteiger partial charge < -0.3 is 19.3 Å². The number of fused-ring (bicyclic) bond motifs is 5. The molecule has 0 saturated heterocycles. The van der Waals surface area contributed by atoms with Crippen LogP contribution < -0.4 is 0 Å². The predicted molar refractivity (Wildman–Crippen MR) is 136 cm³/mol. The Morgan fingerprint density at radius 2 is 1.53 bits per heavy atom. The molecule has 8 heteroatoms. The summed E-state index contributed by atoms with van der Waals surface area (Å²) in [6.07, 6.45) is 6.23. The van der Waals surface area contributed by atoms with Gasteiger partial charge in [-0.05, 0) is 42.6 Å². The van der Waals surface area contributed by atoms with Crippen molar-refractivity contribution in [3.8, 4) is 0 Å². The summed E-state index contributed by atoms with van der Waals surface area (Å²) in [6.45, 7) is 13.0. The van der Waals surface area contributed by atoms with Gasteiger partial charge in [-0.2, -0.15) is 0 Å². The summed E-state index contributed by atoms with van der Waals surface area (Å²) in [4.78, 5) is 49.9. The zero-order valence-corrected chi connectivity index (χ0v) is 23.2. The van der Waals surface area contributed by atoms with E-state index in [-0.39, 0.29) is 29.5 Å². The summed E-state index contributed by atoms with van der Waals surface area (Å²) in [5, 5.41) is 10.6. The number of allylic oxidation sites excluding steroid dienone is 3. The zero-order valence-electron chi connectivity index (χ0n) is 23.2. The summed E-state index contributed by atoms with van der Waals surface area (Å²) in [6, 6.07) is 0. The van der Waals surface area contributed by atoms with Gasteiger partial charge in [0.2, 0.25) is 6.29 Å². The standard InChI is InChI=1S/C30H38O8/c1-15(31)36-23-14-21-28(5)11-10-22(33)27(3,4)20(28)13-24(37-16(2)32)30(21,7)19-9-8-18(29(19,23)6)17-12-25(34)38-26(17)35/h9-12,18,20-21,23-24,26,35H,8,13-14H2,1-7H3. The Kier molecular flexibility index (Phi) is 5.92. The Hall–Kier alpha value is -2.74. The molecule has 206 valence electrons. The van der Waals surface area contributed by atoms with E-state index >= 15 is 0 Å². The summed E-state index contributed by atoms with van der Waals surface area (Å²) in [7, 11) is 0. The first-order valence-corrected chi connectivity index (χ1v) is 13.5. The minimum Gasteiger partial charge on any atom is -0.462 e. The van der Waals surface area contributed by atoms with Crippen LogP contribution in [0, 0.1) is 39.4 Å². The Bertz CT molecular complexity index is 1210. The van der Waals surface area contributed by atoms with Crippen molar-refractivity contribution in [1.82, 2.24) is 0 Å². The lowest BCUT2D eigenvalue weighted by molar-refractivity contribution is -0.204. The molecule has 0 radical (unpaired) electrons. The van der Waals surface area contributed by atoms with Gasteiger partial charge in [0.25, 0.3) is 0 Å². The highest BCUT2D eigenvalue weighted by molar-refractivity contribution is 5.95. The molecule has 9 atom stereocenters. The fourth-order valence-corrected chi connectivity index (χ4v) is 9.09. The number of rotatable bonds is 3. The molecule has 5 rings (SSSR count). The van der Waals surface area contributed by atoms with Gasteiger partial charge in [0.1, 0.15) is 12.2 Å². The van der Waals surface area contributed by atoms with Crippen LogP contribution in [0.5, 0.6) is 0 Å². The molecule has 8 nitrogen and oxygen atoms in total. The number of esters is 3. The number of carbonyl (C=O) groups excluding carboxylic acids is 4. The average Bonchev–Trinajstić information content (AvgIpc) is 3.33. The maximum absolute atomic E-state index is 13.0. The highest BCUT2D eigenvalue weighted by atomic mass is 16.6. The molecule has 0 spiro atoms. The number of aliphatic hydroxyl groups is 1. The molecule has 38 heavy (non-hydrogen) atoms. The van der Waals surface area contributed by atoms with Gasteiger partial charge in [-0.1, -0.05) is 52.3 Å². The van der Waals surface area contributed by atoms with Crippen molar-refractivity contribution < 1.29 is 38.5 Å². The lowest BCUT2D eigenvalue weighted by Crippen LogP contribution is -2.67. The van der Waals surface area contributed by atoms with E-state index in [9.17, 15) is 24.3 Å². The monoisotopic (exact) mass is 526 g/mol. The third-order valence-electron chi connectivity index (χ3n) is 10.8. The van der Waals surface area contributed by atoms with E-state index in [0.717, 1.165) is 5.57 Å². The molecule has 4 aliphatic carbocycles. The van der Waals surface area contributed by atoms with E-state index in [1.54, 1.807) is 6.08 Å². The van der Waals surface area contributed by atoms with Gasteiger partial charge in [0, 0.05) is 47.7 Å². The molecule has 9 unspecified atom stereocenters. The third-order valence-corrected chi connectivity index (χ3v) is 10.8. The number of hydrogen-bond acceptors (Lipinski definition) is 8. The minimum absolute atomic E-state index is 0.0503. The van der Waals surface area contributed by atoms with Crippen molar-refractivity contribution in [3.63, 3.8) is 0 Å². The molecule has 0 aromatic carbocycles. The first kappa shape index (κ1) is 26.9. The Balaban J connectivity index is 1.71. The molecule has 1 N–H and O–H groups in total. The molecule has 0 amide bonds. The van der Waals surface area contributed by atoms with Crippen molar-refractivity contribution >= 4 is 23.7 Å². The van der Waals surface area contributed by atoms with Crippen LogP contribution in [-0.4, -0.2) is 47.3 Å². The van der Waals surface area contributed by atoms with E-state index < -0.39 is 52.1 Å². The van der Waals surface area contributed by atoms with Crippen LogP contribution in [-0.2, 0) is 33.4 Å². The van der Waals surface area contributed by atoms with Gasteiger partial charge in [-0.15, -0.1) is 0 Å². The van der Waals surface area contributed by atoms with Crippen LogP contribution >= 0.6 is 0 Å². The topological polar surface area (TPSA) is 116 Å². The lowest BCUT2D eigenvalue weighted by Gasteiger charge is -2.67. The largest absolute Gasteiger partial charge is 0.462 e. The first-order valence-electron chi connectivity index (χ1n) is 13.5. The Morgan fingerprint density at radius 1 is 0.947 bits per heavy atom. The molecule has 1 heterocycles. The number of hydrogen-bond donors (Lipinski definition) is 1. The smallest absolute Gasteiger partial charge is 0.333 e. The zero-order chi connectivity index (χ0) is 28.0. The quantitative estimate of drug-likeness (QED) is 0.335. The van der Waals surface area contributed by atoms with E-state index in [2.05, 4.69) is 19.9 Å². The van der Waals surface area contributed by atoms with Crippen molar-refractivity contribution in [3.05, 3.63) is 35.5 Å². The van der Waals surface area contributed by atoms with E-state index in [1.807, 2.05) is 26.8 Å². The summed E-state index contributed by atoms with van der Waals surface area (Å²) < 4.78 is 17.2. The van der Waals surface area contributed by atoms with E-state index in [4.69, 9.17) is 14.2 Å². The SMILES string of the molecule is CC(=O)OC1CC2C3(C)C=CC(=O)C(C)(C)C3CC(OC(C)=O)C2(C)C2=CCC(C3=CC(=O)OC3O)C21C. The molecular weight excluding hydrogens is 488 g/mol. The Labute approximate surface area is 223 Å². The molecule has 0 aromatic rings. The Morgan fingerprint density at radius 3 is 2.08 bits per heavy atom. The summed E-state index contributed by atoms with van der Waals surface area (Å²) >= 11 is 0. The highest BCUT2D eigenvalue weighted by Crippen LogP contribution is 2.73. The minimum atomic E-state index is -1.36. The van der Waals surface area contributed by atoms with Crippen LogP contribution in [0.15, 0.2) is 35.5 Å². The summed E-state index contributed by atoms with van der Waals surface area (Å²) in [5.74, 6) is -1.91. The molecule has 0 aromatic heterocycles. The molecule has 5 aliphatic rings. The van der Waals surface area contributed by atoms with Gasteiger partial charge in [-0.25, -0.2) is 4.79 Å². The number of ketones is 1. The van der Waals surface area contributed by atoms with Crippen LogP contribution in [0.1, 0.15) is 67.7 Å². The second-order valence-electron chi connectivity index (χ2n) is 13.0. The van der Waals surface area contributed by atoms with Gasteiger partial charge in [0.15, 0.2) is 5.78 Å². The molecule has 1 aliphatic heterocycles. The lowest BCUT2D eigenvalue weighted by atomic mass is 9.38. The number of carbonyl (C=O) groups is 4. The second kappa shape index (κ2) is 8.38. The van der Waals surface area contributed by atoms with Crippen molar-refractivity contribution in [1.29, 1.82) is 0 Å². The third kappa shape index (κ3) is 3.44. The van der Waals surface area contributed by atoms with Gasteiger partial charge in [-0.3, -0.25) is 14.4 Å². The average molecular weight is 527 g/mol. The molecule has 0 bridgehead atoms. The van der Waals surface area contributed by atoms with Crippen LogP contribution in [0.3, 0.4) is 0 Å². The second-order valence-corrected chi connectivity index (χ2v) is 13.0. The maximum atomic E-state index is 13.0. The normalized spacial score (nSPS) is 44.7. The van der Waals surface area contributed by atoms with E-state index in [1.165, 1.54) is 19.9 Å². The maximum Gasteiger partial charge on any atom is 0.333 e. The molecule has 2 fully saturated rings. The number of aliphatic hydroxyl groups excluding tert-OH is 1. The molecule has 2 saturated carbocycles. The van der Waals surface area contributed by atoms with Crippen LogP contribution in [0.4, 0.5) is 0 Å². The van der Waals surface area contributed by atoms with Crippen LogP contribution in [0.25, 0.3) is 0 Å².